The lowest BCUT2D eigenvalue weighted by Crippen LogP contribution is -2.64. The van der Waals surface area contributed by atoms with Crippen LogP contribution in [0.2, 0.25) is 0 Å². The number of Topliss-reactive ketones (excluding diaryl/α,β-unsaturated/α-hetero) is 1. The van der Waals surface area contributed by atoms with Crippen molar-refractivity contribution >= 4 is 39.4 Å². The number of ketones is 1. The Hall–Kier alpha value is -3.22. The van der Waals surface area contributed by atoms with Gasteiger partial charge in [-0.2, -0.15) is 0 Å². The molecule has 3 fully saturated rings. The molecule has 13 heteroatoms. The van der Waals surface area contributed by atoms with Gasteiger partial charge in [-0.15, -0.1) is 6.58 Å². The number of nitrogens with one attached hydrogen (secondary N) is 4. The van der Waals surface area contributed by atoms with Crippen LogP contribution in [0.15, 0.2) is 24.3 Å². The van der Waals surface area contributed by atoms with Gasteiger partial charge in [0.05, 0.1) is 22.1 Å². The monoisotopic (exact) mass is 745 g/mol. The standard InChI is InChI=1S/C39H63N5O7S/c1-8-22-40-34(47)31(45)29(24-27-15-16-27)41-33(46)30-28(26(2)3)17-23-44(30)35(48)32(38(7)18-11-9-12-19-38)42-36(49)43-39(20-13-10-14-21-39)25-52(50,51)37(4,5)6/h8,17,26-27,29-30,32H,1,9-16,18-25H2,2-7H3,(H,40,47)(H,41,46)(H2,42,43,49)/t29-,30-,32+/m0/s1. The molecule has 0 spiro atoms. The molecule has 0 unspecified atom stereocenters. The van der Waals surface area contributed by atoms with E-state index in [1.54, 1.807) is 20.8 Å². The summed E-state index contributed by atoms with van der Waals surface area (Å²) in [6.45, 7) is 14.7. The minimum atomic E-state index is -3.58. The Morgan fingerprint density at radius 2 is 1.56 bits per heavy atom. The molecule has 0 aromatic carbocycles. The van der Waals surface area contributed by atoms with Crippen molar-refractivity contribution in [3.8, 4) is 0 Å². The molecule has 3 aliphatic carbocycles. The lowest BCUT2D eigenvalue weighted by Gasteiger charge is -2.44. The molecule has 0 aromatic rings. The van der Waals surface area contributed by atoms with Crippen molar-refractivity contribution in [2.75, 3.05) is 18.8 Å². The summed E-state index contributed by atoms with van der Waals surface area (Å²) in [5.74, 6) is -2.52. The second kappa shape index (κ2) is 16.8. The third-order valence-corrected chi connectivity index (χ3v) is 14.5. The molecule has 3 saturated carbocycles. The molecule has 1 heterocycles. The van der Waals surface area contributed by atoms with E-state index in [9.17, 15) is 32.4 Å². The summed E-state index contributed by atoms with van der Waals surface area (Å²) in [5.41, 5.74) is -0.844. The molecule has 0 aromatic heterocycles. The first-order valence-electron chi connectivity index (χ1n) is 19.4. The molecule has 4 rings (SSSR count). The highest BCUT2D eigenvalue weighted by molar-refractivity contribution is 7.92. The normalized spacial score (nSPS) is 22.8. The SMILES string of the molecule is C=CCNC(=O)C(=O)[C@H](CC1CC1)NC(=O)[C@@H]1C(C(C)C)=CCN1C(=O)[C@@H](NC(=O)NC1(CS(=O)(=O)C(C)(C)C)CCCCC1)C1(C)CCCCC1. The Labute approximate surface area is 311 Å². The van der Waals surface area contributed by atoms with Crippen LogP contribution < -0.4 is 21.3 Å². The molecule has 1 aliphatic heterocycles. The maximum absolute atomic E-state index is 14.9. The molecule has 0 radical (unpaired) electrons. The van der Waals surface area contributed by atoms with Gasteiger partial charge in [0.1, 0.15) is 12.1 Å². The zero-order valence-electron chi connectivity index (χ0n) is 32.3. The zero-order valence-corrected chi connectivity index (χ0v) is 33.1. The average Bonchev–Trinajstić information content (AvgIpc) is 3.77. The van der Waals surface area contributed by atoms with Gasteiger partial charge in [0.25, 0.3) is 5.91 Å². The van der Waals surface area contributed by atoms with Gasteiger partial charge in [-0.05, 0) is 75.7 Å². The molecule has 0 saturated heterocycles. The predicted molar refractivity (Wildman–Crippen MR) is 202 cm³/mol. The largest absolute Gasteiger partial charge is 0.346 e. The van der Waals surface area contributed by atoms with Gasteiger partial charge in [-0.25, -0.2) is 13.2 Å². The summed E-state index contributed by atoms with van der Waals surface area (Å²) in [6, 6.07) is -3.65. The van der Waals surface area contributed by atoms with E-state index in [1.807, 2.05) is 26.8 Å². The topological polar surface area (TPSA) is 171 Å². The highest BCUT2D eigenvalue weighted by atomic mass is 32.2. The maximum atomic E-state index is 14.9. The molecular formula is C39H63N5O7S. The highest BCUT2D eigenvalue weighted by Crippen LogP contribution is 2.41. The zero-order chi connectivity index (χ0) is 38.5. The minimum absolute atomic E-state index is 0.0991. The number of carbonyl (C=O) groups excluding carboxylic acids is 5. The van der Waals surface area contributed by atoms with E-state index in [0.717, 1.165) is 56.9 Å². The van der Waals surface area contributed by atoms with Crippen LogP contribution in [0.4, 0.5) is 4.79 Å². The van der Waals surface area contributed by atoms with Gasteiger partial charge in [-0.3, -0.25) is 19.2 Å². The molecular weight excluding hydrogens is 683 g/mol. The third kappa shape index (κ3) is 10.0. The van der Waals surface area contributed by atoms with E-state index in [0.29, 0.717) is 32.1 Å². The number of hydrogen-bond donors (Lipinski definition) is 4. The first kappa shape index (κ1) is 41.5. The van der Waals surface area contributed by atoms with Crippen LogP contribution in [0, 0.1) is 17.3 Å². The van der Waals surface area contributed by atoms with Crippen LogP contribution >= 0.6 is 0 Å². The van der Waals surface area contributed by atoms with Gasteiger partial charge in [-0.1, -0.05) is 84.3 Å². The first-order valence-corrected chi connectivity index (χ1v) is 21.0. The van der Waals surface area contributed by atoms with Crippen LogP contribution in [-0.4, -0.2) is 90.1 Å². The lowest BCUT2D eigenvalue weighted by molar-refractivity contribution is -0.144. The number of sulfone groups is 1. The van der Waals surface area contributed by atoms with Crippen molar-refractivity contribution in [1.29, 1.82) is 0 Å². The van der Waals surface area contributed by atoms with E-state index in [-0.39, 0.29) is 30.7 Å². The van der Waals surface area contributed by atoms with Crippen molar-refractivity contribution < 1.29 is 32.4 Å². The molecule has 4 N–H and O–H groups in total. The number of hydrogen-bond acceptors (Lipinski definition) is 7. The summed E-state index contributed by atoms with van der Waals surface area (Å²) >= 11 is 0. The summed E-state index contributed by atoms with van der Waals surface area (Å²) in [4.78, 5) is 70.6. The lowest BCUT2D eigenvalue weighted by atomic mass is 9.70. The van der Waals surface area contributed by atoms with Gasteiger partial charge in [0, 0.05) is 13.1 Å². The molecule has 0 bridgehead atoms. The van der Waals surface area contributed by atoms with Crippen molar-refractivity contribution in [3.05, 3.63) is 24.3 Å². The van der Waals surface area contributed by atoms with Crippen molar-refractivity contribution in [1.82, 2.24) is 26.2 Å². The summed E-state index contributed by atoms with van der Waals surface area (Å²) in [6.07, 6.45) is 13.3. The van der Waals surface area contributed by atoms with Crippen LogP contribution in [0.25, 0.3) is 0 Å². The van der Waals surface area contributed by atoms with Crippen molar-refractivity contribution in [3.63, 3.8) is 0 Å². The number of carbonyl (C=O) groups is 5. The van der Waals surface area contributed by atoms with Crippen LogP contribution in [0.1, 0.15) is 125 Å². The third-order valence-electron chi connectivity index (χ3n) is 11.7. The molecule has 4 aliphatic rings. The van der Waals surface area contributed by atoms with E-state index in [1.165, 1.54) is 11.0 Å². The average molecular weight is 746 g/mol. The number of amides is 5. The van der Waals surface area contributed by atoms with Gasteiger partial charge < -0.3 is 26.2 Å². The van der Waals surface area contributed by atoms with E-state index >= 15 is 0 Å². The van der Waals surface area contributed by atoms with E-state index in [4.69, 9.17) is 0 Å². The van der Waals surface area contributed by atoms with Crippen LogP contribution in [-0.2, 0) is 29.0 Å². The number of urea groups is 1. The highest BCUT2D eigenvalue weighted by Gasteiger charge is 2.49. The maximum Gasteiger partial charge on any atom is 0.315 e. The first-order chi connectivity index (χ1) is 24.3. The van der Waals surface area contributed by atoms with Gasteiger partial charge >= 0.3 is 6.03 Å². The Morgan fingerprint density at radius 1 is 0.962 bits per heavy atom. The number of nitrogens with zero attached hydrogens (tertiary/aromatic N) is 1. The summed E-state index contributed by atoms with van der Waals surface area (Å²) in [7, 11) is -3.58. The fraction of sp³-hybridized carbons (Fsp3) is 0.769. The van der Waals surface area contributed by atoms with Crippen LogP contribution in [0.5, 0.6) is 0 Å². The van der Waals surface area contributed by atoms with E-state index < -0.39 is 73.2 Å². The second-order valence-corrected chi connectivity index (χ2v) is 20.1. The minimum Gasteiger partial charge on any atom is -0.346 e. The number of rotatable bonds is 15. The molecule has 3 atom stereocenters. The Morgan fingerprint density at radius 3 is 2.10 bits per heavy atom. The molecule has 52 heavy (non-hydrogen) atoms. The van der Waals surface area contributed by atoms with E-state index in [2.05, 4.69) is 27.8 Å². The van der Waals surface area contributed by atoms with Crippen molar-refractivity contribution in [2.24, 2.45) is 17.3 Å². The smallest absolute Gasteiger partial charge is 0.315 e. The Balaban J connectivity index is 1.62. The Bertz CT molecular complexity index is 1500. The molecule has 292 valence electrons. The molecule has 5 amide bonds. The van der Waals surface area contributed by atoms with Crippen LogP contribution in [0.3, 0.4) is 0 Å². The second-order valence-electron chi connectivity index (χ2n) is 17.3. The predicted octanol–water partition coefficient (Wildman–Crippen LogP) is 4.49. The Kier molecular flexibility index (Phi) is 13.5. The van der Waals surface area contributed by atoms with Gasteiger partial charge in [0.15, 0.2) is 9.84 Å². The molecule has 12 nitrogen and oxygen atoms in total. The summed E-state index contributed by atoms with van der Waals surface area (Å²) in [5, 5.41) is 11.5. The fourth-order valence-corrected chi connectivity index (χ4v) is 9.63. The fourth-order valence-electron chi connectivity index (χ4n) is 8.11. The van der Waals surface area contributed by atoms with Gasteiger partial charge in [0.2, 0.25) is 17.6 Å². The summed E-state index contributed by atoms with van der Waals surface area (Å²) < 4.78 is 25.9. The van der Waals surface area contributed by atoms with Crippen molar-refractivity contribution in [2.45, 2.75) is 153 Å². The quantitative estimate of drug-likeness (QED) is 0.141.